The van der Waals surface area contributed by atoms with Gasteiger partial charge in [0.1, 0.15) is 6.61 Å². The molecule has 0 amide bonds. The summed E-state index contributed by atoms with van der Waals surface area (Å²) >= 11 is 1.88. The maximum Gasteiger partial charge on any atom is 0.380 e. The van der Waals surface area contributed by atoms with Crippen molar-refractivity contribution in [1.29, 1.82) is 0 Å². The van der Waals surface area contributed by atoms with Crippen LogP contribution in [0.5, 0.6) is 0 Å². The van der Waals surface area contributed by atoms with Crippen molar-refractivity contribution in [2.75, 3.05) is 7.11 Å². The molecular formula is C34H28F6O4S2. The van der Waals surface area contributed by atoms with E-state index in [0.29, 0.717) is 16.9 Å². The zero-order chi connectivity index (χ0) is 33.6. The van der Waals surface area contributed by atoms with Gasteiger partial charge in [0.05, 0.1) is 12.2 Å². The van der Waals surface area contributed by atoms with Gasteiger partial charge in [0.2, 0.25) is 0 Å². The summed E-state index contributed by atoms with van der Waals surface area (Å²) in [7, 11) is 1.36. The second-order valence-corrected chi connectivity index (χ2v) is 13.7. The molecule has 0 N–H and O–H groups in total. The highest BCUT2D eigenvalue weighted by Gasteiger charge is 2.80. The Hall–Kier alpha value is -3.74. The number of alkyl halides is 6. The molecule has 46 heavy (non-hydrogen) atoms. The van der Waals surface area contributed by atoms with Crippen LogP contribution in [0, 0.1) is 13.8 Å². The molecule has 1 aliphatic carbocycles. The molecule has 0 fully saturated rings. The predicted molar refractivity (Wildman–Crippen MR) is 165 cm³/mol. The van der Waals surface area contributed by atoms with Crippen molar-refractivity contribution in [1.82, 2.24) is 0 Å². The van der Waals surface area contributed by atoms with Crippen LogP contribution in [-0.2, 0) is 29.1 Å². The van der Waals surface area contributed by atoms with E-state index in [2.05, 4.69) is 0 Å². The zero-order valence-electron chi connectivity index (χ0n) is 25.1. The van der Waals surface area contributed by atoms with Gasteiger partial charge in [-0.05, 0) is 73.7 Å². The number of allylic oxidation sites excluding steroid dienone is 2. The van der Waals surface area contributed by atoms with E-state index in [0.717, 1.165) is 39.9 Å². The molecule has 5 rings (SSSR count). The number of rotatable bonds is 10. The number of thiophene rings is 2. The Bertz CT molecular complexity index is 1820. The van der Waals surface area contributed by atoms with E-state index in [-0.39, 0.29) is 44.8 Å². The SMILES string of the molecule is COCc1cc(C2=C(c3cc(COC(=O)c4ccc(Cc5ccc(C(C)=O)cc5)cc4)sc3C)C(F)(F)C(F)(F)C2(F)F)c(C)s1. The first-order chi connectivity index (χ1) is 21.6. The van der Waals surface area contributed by atoms with Gasteiger partial charge in [-0.2, -0.15) is 26.3 Å². The lowest BCUT2D eigenvalue weighted by Crippen LogP contribution is -2.48. The average Bonchev–Trinajstić information content (AvgIpc) is 3.57. The zero-order valence-corrected chi connectivity index (χ0v) is 26.7. The number of esters is 1. The van der Waals surface area contributed by atoms with Gasteiger partial charge in [-0.15, -0.1) is 22.7 Å². The molecule has 0 spiro atoms. The molecule has 2 aromatic carbocycles. The summed E-state index contributed by atoms with van der Waals surface area (Å²) in [6.45, 7) is 3.87. The highest BCUT2D eigenvalue weighted by Crippen LogP contribution is 2.65. The third-order valence-electron chi connectivity index (χ3n) is 7.73. The van der Waals surface area contributed by atoms with E-state index in [1.165, 1.54) is 33.9 Å². The van der Waals surface area contributed by atoms with E-state index in [9.17, 15) is 18.4 Å². The van der Waals surface area contributed by atoms with Crippen molar-refractivity contribution in [3.8, 4) is 0 Å². The number of ether oxygens (including phenoxy) is 2. The number of ketones is 1. The minimum Gasteiger partial charge on any atom is -0.456 e. The largest absolute Gasteiger partial charge is 0.456 e. The molecule has 2 aromatic heterocycles. The second-order valence-electron chi connectivity index (χ2n) is 11.0. The Morgan fingerprint density at radius 1 is 0.696 bits per heavy atom. The number of Topliss-reactive ketones (excluding diaryl/α,β-unsaturated/α-hetero) is 1. The summed E-state index contributed by atoms with van der Waals surface area (Å²) in [5.41, 5.74) is -1.00. The third kappa shape index (κ3) is 5.93. The van der Waals surface area contributed by atoms with Crippen molar-refractivity contribution in [2.24, 2.45) is 0 Å². The third-order valence-corrected chi connectivity index (χ3v) is 9.78. The molecule has 12 heteroatoms. The van der Waals surface area contributed by atoms with Crippen LogP contribution in [-0.4, -0.2) is 36.6 Å². The standard InChI is InChI=1S/C34H28F6O4S2/c1-18(41)23-9-5-21(6-10-23)13-22-7-11-24(12-8-22)31(42)44-17-26-15-28(20(3)46-26)30-29(27-14-25(16-43-4)45-19(27)2)32(35,36)34(39,40)33(30,37)38/h5-12,14-15H,13,16-17H2,1-4H3. The maximum atomic E-state index is 15.3. The van der Waals surface area contributed by atoms with Gasteiger partial charge in [0, 0.05) is 43.3 Å². The van der Waals surface area contributed by atoms with Crippen molar-refractivity contribution < 1.29 is 45.4 Å². The topological polar surface area (TPSA) is 52.6 Å². The predicted octanol–water partition coefficient (Wildman–Crippen LogP) is 9.55. The average molecular weight is 679 g/mol. The van der Waals surface area contributed by atoms with Crippen LogP contribution in [0.3, 0.4) is 0 Å². The summed E-state index contributed by atoms with van der Waals surface area (Å²) < 4.78 is 101. The summed E-state index contributed by atoms with van der Waals surface area (Å²) in [5, 5.41) is 0. The Morgan fingerprint density at radius 3 is 1.57 bits per heavy atom. The fourth-order valence-corrected chi connectivity index (χ4v) is 7.35. The number of hydrogen-bond acceptors (Lipinski definition) is 6. The van der Waals surface area contributed by atoms with Crippen LogP contribution >= 0.6 is 22.7 Å². The molecule has 0 atom stereocenters. The Morgan fingerprint density at radius 2 is 1.13 bits per heavy atom. The summed E-state index contributed by atoms with van der Waals surface area (Å²) in [4.78, 5) is 25.1. The number of hydrogen-bond donors (Lipinski definition) is 0. The maximum absolute atomic E-state index is 15.3. The van der Waals surface area contributed by atoms with E-state index < -0.39 is 40.4 Å². The first-order valence-corrected chi connectivity index (χ1v) is 15.6. The van der Waals surface area contributed by atoms with Gasteiger partial charge in [0.25, 0.3) is 0 Å². The molecule has 4 aromatic rings. The molecule has 0 unspecified atom stereocenters. The number of carbonyl (C=O) groups is 2. The lowest BCUT2D eigenvalue weighted by atomic mass is 9.95. The number of carbonyl (C=O) groups excluding carboxylic acids is 2. The first kappa shape index (κ1) is 33.6. The molecule has 4 nitrogen and oxygen atoms in total. The van der Waals surface area contributed by atoms with Crippen LogP contribution in [0.2, 0.25) is 0 Å². The Balaban J connectivity index is 1.37. The molecule has 1 aliphatic rings. The molecule has 0 radical (unpaired) electrons. The number of methoxy groups -OCH3 is 1. The number of benzene rings is 2. The van der Waals surface area contributed by atoms with Crippen LogP contribution in [0.25, 0.3) is 11.1 Å². The molecule has 0 bridgehead atoms. The smallest absolute Gasteiger partial charge is 0.380 e. The van der Waals surface area contributed by atoms with Gasteiger partial charge in [-0.1, -0.05) is 36.4 Å². The molecule has 242 valence electrons. The van der Waals surface area contributed by atoms with Crippen molar-refractivity contribution in [3.05, 3.63) is 114 Å². The van der Waals surface area contributed by atoms with Crippen LogP contribution < -0.4 is 0 Å². The van der Waals surface area contributed by atoms with Gasteiger partial charge >= 0.3 is 23.7 Å². The highest BCUT2D eigenvalue weighted by molar-refractivity contribution is 7.12. The fraction of sp³-hybridized carbons (Fsp3) is 0.294. The summed E-state index contributed by atoms with van der Waals surface area (Å²) in [6, 6.07) is 16.1. The highest BCUT2D eigenvalue weighted by atomic mass is 32.1. The monoisotopic (exact) mass is 678 g/mol. The van der Waals surface area contributed by atoms with E-state index in [1.807, 2.05) is 12.1 Å². The summed E-state index contributed by atoms with van der Waals surface area (Å²) in [6.07, 6.45) is 0.559. The van der Waals surface area contributed by atoms with Gasteiger partial charge in [-0.25, -0.2) is 4.79 Å². The number of halogens is 6. The fourth-order valence-electron chi connectivity index (χ4n) is 5.37. The minimum atomic E-state index is -5.67. The molecule has 2 heterocycles. The van der Waals surface area contributed by atoms with E-state index in [4.69, 9.17) is 9.47 Å². The quantitative estimate of drug-likeness (QED) is 0.0953. The second kappa shape index (κ2) is 12.5. The lowest BCUT2D eigenvalue weighted by molar-refractivity contribution is -0.254. The minimum absolute atomic E-state index is 0.00178. The molecule has 0 saturated carbocycles. The summed E-state index contributed by atoms with van der Waals surface area (Å²) in [5.74, 6) is -16.8. The molecule has 0 saturated heterocycles. The van der Waals surface area contributed by atoms with Crippen molar-refractivity contribution >= 4 is 45.6 Å². The first-order valence-electron chi connectivity index (χ1n) is 14.0. The van der Waals surface area contributed by atoms with E-state index >= 15 is 17.6 Å². The van der Waals surface area contributed by atoms with Crippen molar-refractivity contribution in [3.63, 3.8) is 0 Å². The van der Waals surface area contributed by atoms with Gasteiger partial charge < -0.3 is 9.47 Å². The number of aryl methyl sites for hydroxylation is 2. The normalized spacial score (nSPS) is 16.6. The molecular weight excluding hydrogens is 650 g/mol. The Kier molecular flexibility index (Phi) is 9.11. The van der Waals surface area contributed by atoms with Gasteiger partial charge in [-0.3, -0.25) is 4.79 Å². The Labute approximate surface area is 269 Å². The van der Waals surface area contributed by atoms with Crippen LogP contribution in [0.4, 0.5) is 26.3 Å². The van der Waals surface area contributed by atoms with Crippen molar-refractivity contribution in [2.45, 2.75) is 58.2 Å². The van der Waals surface area contributed by atoms with E-state index in [1.54, 1.807) is 36.4 Å². The lowest BCUT2D eigenvalue weighted by Gasteiger charge is -2.25. The van der Waals surface area contributed by atoms with Crippen LogP contribution in [0.1, 0.15) is 69.4 Å². The van der Waals surface area contributed by atoms with Crippen LogP contribution in [0.15, 0.2) is 60.7 Å². The van der Waals surface area contributed by atoms with Gasteiger partial charge in [0.15, 0.2) is 5.78 Å². The molecule has 0 aliphatic heterocycles.